The monoisotopic (exact) mass is 352 g/mol. The fourth-order valence-corrected chi connectivity index (χ4v) is 3.30. The number of hydrogen-bond donors (Lipinski definition) is 1. The number of piperidine rings is 1. The summed E-state index contributed by atoms with van der Waals surface area (Å²) < 4.78 is 15.1. The van der Waals surface area contributed by atoms with Crippen molar-refractivity contribution in [3.63, 3.8) is 0 Å². The quantitative estimate of drug-likeness (QED) is 0.780. The lowest BCUT2D eigenvalue weighted by Crippen LogP contribution is -2.39. The molecule has 0 radical (unpaired) electrons. The number of hydrogen-bond acceptors (Lipinski definition) is 5. The lowest BCUT2D eigenvalue weighted by molar-refractivity contribution is 0.204. The molecule has 0 aliphatic carbocycles. The summed E-state index contributed by atoms with van der Waals surface area (Å²) >= 11 is 0. The number of halogens is 1. The van der Waals surface area contributed by atoms with Crippen LogP contribution in [0, 0.1) is 5.82 Å². The summed E-state index contributed by atoms with van der Waals surface area (Å²) in [5.41, 5.74) is 9.58. The maximum absolute atomic E-state index is 13.3. The van der Waals surface area contributed by atoms with Crippen molar-refractivity contribution in [2.45, 2.75) is 25.4 Å². The highest BCUT2D eigenvalue weighted by Crippen LogP contribution is 2.26. The number of aromatic nitrogens is 4. The van der Waals surface area contributed by atoms with Crippen molar-refractivity contribution < 1.29 is 4.39 Å². The molecule has 0 spiro atoms. The number of likely N-dealkylation sites (tertiary alicyclic amines) is 1. The first kappa shape index (κ1) is 16.8. The Morgan fingerprint density at radius 3 is 2.42 bits per heavy atom. The second-order valence-corrected chi connectivity index (χ2v) is 6.62. The first-order chi connectivity index (χ1) is 12.7. The van der Waals surface area contributed by atoms with Gasteiger partial charge in [-0.3, -0.25) is 9.88 Å². The fourth-order valence-electron chi connectivity index (χ4n) is 3.30. The highest BCUT2D eigenvalue weighted by molar-refractivity contribution is 5.63. The predicted octanol–water partition coefficient (Wildman–Crippen LogP) is 2.39. The Bertz CT molecular complexity index is 853. The van der Waals surface area contributed by atoms with Crippen molar-refractivity contribution in [3.8, 4) is 16.9 Å². The molecule has 1 aliphatic rings. The molecule has 1 aliphatic heterocycles. The van der Waals surface area contributed by atoms with Crippen LogP contribution in [-0.2, 0) is 6.54 Å². The minimum absolute atomic E-state index is 0.274. The molecule has 2 aromatic heterocycles. The van der Waals surface area contributed by atoms with Crippen molar-refractivity contribution in [1.82, 2.24) is 24.9 Å². The third-order valence-electron chi connectivity index (χ3n) is 4.77. The van der Waals surface area contributed by atoms with Gasteiger partial charge in [0.1, 0.15) is 11.5 Å². The standard InChI is InChI=1S/C19H21FN6/c20-15-1-3-17(4-2-15)26-19(14-5-9-22-10-6-14)18(23-24-26)13-25-11-7-16(21)8-12-25/h1-6,9-10,16H,7-8,11-13,21H2. The van der Waals surface area contributed by atoms with Crippen LogP contribution in [0.1, 0.15) is 18.5 Å². The van der Waals surface area contributed by atoms with E-state index in [1.165, 1.54) is 12.1 Å². The molecule has 4 rings (SSSR count). The van der Waals surface area contributed by atoms with Crippen LogP contribution >= 0.6 is 0 Å². The van der Waals surface area contributed by atoms with E-state index < -0.39 is 0 Å². The van der Waals surface area contributed by atoms with Crippen molar-refractivity contribution >= 4 is 0 Å². The highest BCUT2D eigenvalue weighted by atomic mass is 19.1. The lowest BCUT2D eigenvalue weighted by atomic mass is 10.1. The maximum Gasteiger partial charge on any atom is 0.123 e. The average Bonchev–Trinajstić information content (AvgIpc) is 3.08. The van der Waals surface area contributed by atoms with Gasteiger partial charge < -0.3 is 5.73 Å². The summed E-state index contributed by atoms with van der Waals surface area (Å²) in [6.07, 6.45) is 5.50. The average molecular weight is 352 g/mol. The summed E-state index contributed by atoms with van der Waals surface area (Å²) in [5, 5.41) is 8.78. The Morgan fingerprint density at radius 1 is 1.04 bits per heavy atom. The van der Waals surface area contributed by atoms with Crippen LogP contribution in [-0.4, -0.2) is 44.0 Å². The van der Waals surface area contributed by atoms with Gasteiger partial charge in [0, 0.05) is 43.6 Å². The lowest BCUT2D eigenvalue weighted by Gasteiger charge is -2.29. The highest BCUT2D eigenvalue weighted by Gasteiger charge is 2.21. The molecule has 1 aromatic carbocycles. The van der Waals surface area contributed by atoms with Gasteiger partial charge in [0.15, 0.2) is 0 Å². The topological polar surface area (TPSA) is 72.9 Å². The summed E-state index contributed by atoms with van der Waals surface area (Å²) in [7, 11) is 0. The van der Waals surface area contributed by atoms with Crippen LogP contribution in [0.4, 0.5) is 4.39 Å². The molecule has 7 heteroatoms. The molecule has 0 bridgehead atoms. The van der Waals surface area contributed by atoms with Crippen LogP contribution in [0.3, 0.4) is 0 Å². The Labute approximate surface area is 151 Å². The minimum Gasteiger partial charge on any atom is -0.328 e. The molecule has 3 aromatic rings. The van der Waals surface area contributed by atoms with E-state index in [1.54, 1.807) is 29.2 Å². The summed E-state index contributed by atoms with van der Waals surface area (Å²) in [5.74, 6) is -0.274. The van der Waals surface area contributed by atoms with Crippen molar-refractivity contribution in [3.05, 3.63) is 60.3 Å². The number of pyridine rings is 1. The number of rotatable bonds is 4. The number of nitrogens with zero attached hydrogens (tertiary/aromatic N) is 5. The maximum atomic E-state index is 13.3. The van der Waals surface area contributed by atoms with E-state index in [0.717, 1.165) is 48.6 Å². The van der Waals surface area contributed by atoms with Crippen LogP contribution in [0.5, 0.6) is 0 Å². The third-order valence-corrected chi connectivity index (χ3v) is 4.77. The molecule has 0 atom stereocenters. The Hall–Kier alpha value is -2.64. The number of nitrogens with two attached hydrogens (primary N) is 1. The van der Waals surface area contributed by atoms with E-state index in [0.29, 0.717) is 12.6 Å². The van der Waals surface area contributed by atoms with E-state index >= 15 is 0 Å². The van der Waals surface area contributed by atoms with Crippen LogP contribution in [0.2, 0.25) is 0 Å². The summed E-state index contributed by atoms with van der Waals surface area (Å²) in [4.78, 5) is 6.45. The largest absolute Gasteiger partial charge is 0.328 e. The van der Waals surface area contributed by atoms with E-state index in [4.69, 9.17) is 5.73 Å². The van der Waals surface area contributed by atoms with Crippen molar-refractivity contribution in [1.29, 1.82) is 0 Å². The first-order valence-corrected chi connectivity index (χ1v) is 8.79. The third kappa shape index (κ3) is 3.49. The molecule has 0 amide bonds. The second kappa shape index (κ2) is 7.31. The first-order valence-electron chi connectivity index (χ1n) is 8.79. The van der Waals surface area contributed by atoms with E-state index in [-0.39, 0.29) is 5.82 Å². The van der Waals surface area contributed by atoms with E-state index in [2.05, 4.69) is 20.2 Å². The van der Waals surface area contributed by atoms with Crippen LogP contribution in [0.25, 0.3) is 16.9 Å². The normalized spacial score (nSPS) is 16.1. The van der Waals surface area contributed by atoms with Gasteiger partial charge >= 0.3 is 0 Å². The molecular weight excluding hydrogens is 331 g/mol. The van der Waals surface area contributed by atoms with Gasteiger partial charge in [0.05, 0.1) is 11.4 Å². The molecule has 0 saturated carbocycles. The molecule has 2 N–H and O–H groups in total. The van der Waals surface area contributed by atoms with Gasteiger partial charge in [-0.2, -0.15) is 0 Å². The van der Waals surface area contributed by atoms with Crippen LogP contribution < -0.4 is 5.73 Å². The van der Waals surface area contributed by atoms with E-state index in [1.807, 2.05) is 12.1 Å². The molecule has 26 heavy (non-hydrogen) atoms. The molecule has 1 fully saturated rings. The fraction of sp³-hybridized carbons (Fsp3) is 0.316. The molecule has 0 unspecified atom stereocenters. The summed E-state index contributed by atoms with van der Waals surface area (Å²) in [6.45, 7) is 2.63. The van der Waals surface area contributed by atoms with E-state index in [9.17, 15) is 4.39 Å². The zero-order valence-electron chi connectivity index (χ0n) is 14.4. The van der Waals surface area contributed by atoms with Gasteiger partial charge in [0.25, 0.3) is 0 Å². The molecule has 6 nitrogen and oxygen atoms in total. The Kier molecular flexibility index (Phi) is 4.73. The van der Waals surface area contributed by atoms with Gasteiger partial charge in [-0.25, -0.2) is 9.07 Å². The van der Waals surface area contributed by atoms with Crippen molar-refractivity contribution in [2.24, 2.45) is 5.73 Å². The predicted molar refractivity (Wildman–Crippen MR) is 97.0 cm³/mol. The van der Waals surface area contributed by atoms with Gasteiger partial charge in [-0.1, -0.05) is 5.21 Å². The number of benzene rings is 1. The molecule has 134 valence electrons. The Balaban J connectivity index is 1.71. The molecule has 1 saturated heterocycles. The zero-order chi connectivity index (χ0) is 17.9. The molecular formula is C19H21FN6. The summed E-state index contributed by atoms with van der Waals surface area (Å²) in [6, 6.07) is 10.4. The van der Waals surface area contributed by atoms with Crippen molar-refractivity contribution in [2.75, 3.05) is 13.1 Å². The second-order valence-electron chi connectivity index (χ2n) is 6.62. The van der Waals surface area contributed by atoms with Crippen LogP contribution in [0.15, 0.2) is 48.8 Å². The smallest absolute Gasteiger partial charge is 0.123 e. The molecule has 3 heterocycles. The Morgan fingerprint density at radius 2 is 1.73 bits per heavy atom. The SMILES string of the molecule is NC1CCN(Cc2nnn(-c3ccc(F)cc3)c2-c2ccncc2)CC1. The minimum atomic E-state index is -0.274. The van der Waals surface area contributed by atoms with Gasteiger partial charge in [-0.05, 0) is 49.2 Å². The zero-order valence-corrected chi connectivity index (χ0v) is 14.4. The van der Waals surface area contributed by atoms with Gasteiger partial charge in [-0.15, -0.1) is 5.10 Å². The van der Waals surface area contributed by atoms with Gasteiger partial charge in [0.2, 0.25) is 0 Å².